The van der Waals surface area contributed by atoms with Gasteiger partial charge in [-0.25, -0.2) is 4.98 Å². The molecular formula is C14H16N2OS. The number of hydrogen-bond donors (Lipinski definition) is 1. The first-order valence-corrected chi connectivity index (χ1v) is 6.85. The zero-order valence-electron chi connectivity index (χ0n) is 10.6. The van der Waals surface area contributed by atoms with E-state index in [1.54, 1.807) is 11.3 Å². The van der Waals surface area contributed by atoms with Gasteiger partial charge in [-0.2, -0.15) is 0 Å². The van der Waals surface area contributed by atoms with E-state index in [9.17, 15) is 4.79 Å². The maximum absolute atomic E-state index is 11.9. The second-order valence-corrected chi connectivity index (χ2v) is 5.06. The molecule has 0 atom stereocenters. The lowest BCUT2D eigenvalue weighted by Crippen LogP contribution is -2.22. The van der Waals surface area contributed by atoms with E-state index in [-0.39, 0.29) is 5.91 Å². The van der Waals surface area contributed by atoms with Crippen LogP contribution in [0.3, 0.4) is 0 Å². The molecule has 0 aliphatic rings. The van der Waals surface area contributed by atoms with E-state index in [0.717, 1.165) is 17.1 Å². The Labute approximate surface area is 111 Å². The van der Waals surface area contributed by atoms with E-state index >= 15 is 0 Å². The Bertz CT molecular complexity index is 531. The summed E-state index contributed by atoms with van der Waals surface area (Å²) in [5, 5.41) is 5.79. The van der Waals surface area contributed by atoms with Gasteiger partial charge in [0, 0.05) is 16.6 Å². The Morgan fingerprint density at radius 3 is 2.61 bits per heavy atom. The average molecular weight is 260 g/mol. The van der Waals surface area contributed by atoms with E-state index in [0.29, 0.717) is 12.1 Å². The van der Waals surface area contributed by atoms with Crippen LogP contribution < -0.4 is 5.32 Å². The first kappa shape index (κ1) is 12.8. The highest BCUT2D eigenvalue weighted by Crippen LogP contribution is 2.09. The van der Waals surface area contributed by atoms with Crippen LogP contribution in [0.5, 0.6) is 0 Å². The molecule has 0 saturated carbocycles. The van der Waals surface area contributed by atoms with Gasteiger partial charge in [-0.15, -0.1) is 11.3 Å². The molecule has 0 fully saturated rings. The minimum atomic E-state index is -0.0505. The molecule has 0 aliphatic carbocycles. The highest BCUT2D eigenvalue weighted by atomic mass is 32.1. The molecule has 0 bridgehead atoms. The van der Waals surface area contributed by atoms with E-state index in [1.165, 1.54) is 5.56 Å². The molecule has 1 heterocycles. The summed E-state index contributed by atoms with van der Waals surface area (Å²) in [7, 11) is 0. The van der Waals surface area contributed by atoms with Crippen LogP contribution in [0.1, 0.15) is 33.5 Å². The molecule has 1 amide bonds. The maximum Gasteiger partial charge on any atom is 0.251 e. The van der Waals surface area contributed by atoms with Crippen LogP contribution in [0, 0.1) is 6.92 Å². The summed E-state index contributed by atoms with van der Waals surface area (Å²) in [5.74, 6) is -0.0505. The molecule has 2 rings (SSSR count). The molecular weight excluding hydrogens is 244 g/mol. The van der Waals surface area contributed by atoms with Gasteiger partial charge in [-0.05, 0) is 31.0 Å². The van der Waals surface area contributed by atoms with Crippen molar-refractivity contribution in [1.82, 2.24) is 10.3 Å². The normalized spacial score (nSPS) is 10.3. The van der Waals surface area contributed by atoms with E-state index in [1.807, 2.05) is 36.6 Å². The number of nitrogens with one attached hydrogen (secondary N) is 1. The molecule has 1 aromatic carbocycles. The summed E-state index contributed by atoms with van der Waals surface area (Å²) in [4.78, 5) is 16.2. The molecule has 18 heavy (non-hydrogen) atoms. The van der Waals surface area contributed by atoms with Crippen molar-refractivity contribution in [3.63, 3.8) is 0 Å². The topological polar surface area (TPSA) is 42.0 Å². The van der Waals surface area contributed by atoms with Crippen LogP contribution in [-0.4, -0.2) is 10.9 Å². The highest BCUT2D eigenvalue weighted by molar-refractivity contribution is 7.09. The number of rotatable bonds is 4. The van der Waals surface area contributed by atoms with Gasteiger partial charge < -0.3 is 5.32 Å². The Hall–Kier alpha value is -1.68. The van der Waals surface area contributed by atoms with E-state index in [2.05, 4.69) is 17.2 Å². The summed E-state index contributed by atoms with van der Waals surface area (Å²) >= 11 is 1.57. The molecule has 3 nitrogen and oxygen atoms in total. The van der Waals surface area contributed by atoms with Crippen LogP contribution in [-0.2, 0) is 13.0 Å². The summed E-state index contributed by atoms with van der Waals surface area (Å²) in [6.07, 6.45) is 0.986. The summed E-state index contributed by atoms with van der Waals surface area (Å²) in [6.45, 7) is 4.54. The third-order valence-corrected chi connectivity index (χ3v) is 3.66. The Kier molecular flexibility index (Phi) is 4.10. The van der Waals surface area contributed by atoms with Crippen LogP contribution >= 0.6 is 11.3 Å². The maximum atomic E-state index is 11.9. The van der Waals surface area contributed by atoms with Gasteiger partial charge in [-0.3, -0.25) is 4.79 Å². The summed E-state index contributed by atoms with van der Waals surface area (Å²) in [6, 6.07) is 7.70. The third-order valence-electron chi connectivity index (χ3n) is 2.69. The number of aromatic nitrogens is 1. The molecule has 2 aromatic rings. The highest BCUT2D eigenvalue weighted by Gasteiger charge is 2.06. The molecule has 0 aliphatic heterocycles. The summed E-state index contributed by atoms with van der Waals surface area (Å²) in [5.41, 5.74) is 2.93. The third kappa shape index (κ3) is 3.17. The molecule has 0 saturated heterocycles. The monoisotopic (exact) mass is 260 g/mol. The predicted molar refractivity (Wildman–Crippen MR) is 73.8 cm³/mol. The van der Waals surface area contributed by atoms with Gasteiger partial charge in [0.05, 0.1) is 6.54 Å². The molecule has 0 unspecified atom stereocenters. The first-order valence-electron chi connectivity index (χ1n) is 5.97. The van der Waals surface area contributed by atoms with Crippen molar-refractivity contribution in [3.05, 3.63) is 51.5 Å². The molecule has 4 heteroatoms. The molecule has 1 aromatic heterocycles. The van der Waals surface area contributed by atoms with Crippen molar-refractivity contribution in [2.45, 2.75) is 26.8 Å². The Balaban J connectivity index is 1.94. The van der Waals surface area contributed by atoms with Crippen molar-refractivity contribution in [1.29, 1.82) is 0 Å². The SMILES string of the molecule is CCc1ccc(C(=O)NCc2nc(C)cs2)cc1. The molecule has 94 valence electrons. The standard InChI is InChI=1S/C14H16N2OS/c1-3-11-4-6-12(7-5-11)14(17)15-8-13-16-10(2)9-18-13/h4-7,9H,3,8H2,1-2H3,(H,15,17). The number of carbonyl (C=O) groups excluding carboxylic acids is 1. The van der Waals surface area contributed by atoms with Crippen LogP contribution in [0.25, 0.3) is 0 Å². The smallest absolute Gasteiger partial charge is 0.251 e. The molecule has 0 radical (unpaired) electrons. The van der Waals surface area contributed by atoms with E-state index in [4.69, 9.17) is 0 Å². The lowest BCUT2D eigenvalue weighted by atomic mass is 10.1. The van der Waals surface area contributed by atoms with Gasteiger partial charge in [0.15, 0.2) is 0 Å². The Morgan fingerprint density at radius 2 is 2.06 bits per heavy atom. The fourth-order valence-electron chi connectivity index (χ4n) is 1.63. The number of benzene rings is 1. The fraction of sp³-hybridized carbons (Fsp3) is 0.286. The van der Waals surface area contributed by atoms with Gasteiger partial charge >= 0.3 is 0 Å². The van der Waals surface area contributed by atoms with Gasteiger partial charge in [0.1, 0.15) is 5.01 Å². The van der Waals surface area contributed by atoms with Crippen molar-refractivity contribution in [2.75, 3.05) is 0 Å². The number of nitrogens with zero attached hydrogens (tertiary/aromatic N) is 1. The second-order valence-electron chi connectivity index (χ2n) is 4.12. The number of carbonyl (C=O) groups is 1. The van der Waals surface area contributed by atoms with Crippen molar-refractivity contribution >= 4 is 17.2 Å². The lowest BCUT2D eigenvalue weighted by molar-refractivity contribution is 0.0951. The number of thiazole rings is 1. The largest absolute Gasteiger partial charge is 0.346 e. The molecule has 0 spiro atoms. The minimum Gasteiger partial charge on any atom is -0.346 e. The second kappa shape index (κ2) is 5.78. The average Bonchev–Trinajstić information content (AvgIpc) is 2.82. The van der Waals surface area contributed by atoms with Gasteiger partial charge in [0.25, 0.3) is 5.91 Å². The quantitative estimate of drug-likeness (QED) is 0.918. The zero-order valence-corrected chi connectivity index (χ0v) is 11.4. The van der Waals surface area contributed by atoms with Crippen molar-refractivity contribution < 1.29 is 4.79 Å². The van der Waals surface area contributed by atoms with Crippen LogP contribution in [0.4, 0.5) is 0 Å². The number of amides is 1. The van der Waals surface area contributed by atoms with Crippen molar-refractivity contribution in [2.24, 2.45) is 0 Å². The van der Waals surface area contributed by atoms with Gasteiger partial charge in [-0.1, -0.05) is 19.1 Å². The van der Waals surface area contributed by atoms with Crippen LogP contribution in [0.15, 0.2) is 29.6 Å². The Morgan fingerprint density at radius 1 is 1.33 bits per heavy atom. The number of hydrogen-bond acceptors (Lipinski definition) is 3. The van der Waals surface area contributed by atoms with Gasteiger partial charge in [0.2, 0.25) is 0 Å². The summed E-state index contributed by atoms with van der Waals surface area (Å²) < 4.78 is 0. The lowest BCUT2D eigenvalue weighted by Gasteiger charge is -2.04. The zero-order chi connectivity index (χ0) is 13.0. The van der Waals surface area contributed by atoms with E-state index < -0.39 is 0 Å². The van der Waals surface area contributed by atoms with Crippen molar-refractivity contribution in [3.8, 4) is 0 Å². The fourth-order valence-corrected chi connectivity index (χ4v) is 2.35. The molecule has 1 N–H and O–H groups in total. The predicted octanol–water partition coefficient (Wildman–Crippen LogP) is 2.94. The first-order chi connectivity index (χ1) is 8.69. The van der Waals surface area contributed by atoms with Crippen LogP contribution in [0.2, 0.25) is 0 Å². The number of aryl methyl sites for hydroxylation is 2. The minimum absolute atomic E-state index is 0.0505.